The van der Waals surface area contributed by atoms with Crippen molar-refractivity contribution < 1.29 is 27.8 Å². The monoisotopic (exact) mass is 515 g/mol. The van der Waals surface area contributed by atoms with Crippen molar-refractivity contribution in [3.63, 3.8) is 0 Å². The number of hydrogen-bond donors (Lipinski definition) is 1. The second-order valence-electron chi connectivity index (χ2n) is 9.23. The number of carbonyl (C=O) groups is 2. The molecular formula is C24H27F2N7O4. The summed E-state index contributed by atoms with van der Waals surface area (Å²) >= 11 is 0. The average Bonchev–Trinajstić information content (AvgIpc) is 3.44. The molecule has 0 aliphatic carbocycles. The van der Waals surface area contributed by atoms with E-state index in [4.69, 9.17) is 4.74 Å². The molecule has 2 amide bonds. The average molecular weight is 516 g/mol. The van der Waals surface area contributed by atoms with Crippen LogP contribution in [0.15, 0.2) is 24.3 Å². The Morgan fingerprint density at radius 3 is 2.62 bits per heavy atom. The van der Waals surface area contributed by atoms with E-state index >= 15 is 0 Å². The zero-order valence-corrected chi connectivity index (χ0v) is 20.5. The van der Waals surface area contributed by atoms with Crippen molar-refractivity contribution in [1.29, 1.82) is 0 Å². The van der Waals surface area contributed by atoms with Crippen molar-refractivity contribution in [1.82, 2.24) is 35.0 Å². The van der Waals surface area contributed by atoms with E-state index in [0.29, 0.717) is 69.3 Å². The molecule has 0 fully saturated rings. The summed E-state index contributed by atoms with van der Waals surface area (Å²) in [4.78, 5) is 29.0. The van der Waals surface area contributed by atoms with Gasteiger partial charge in [0.1, 0.15) is 18.1 Å². The van der Waals surface area contributed by atoms with E-state index in [1.165, 1.54) is 12.1 Å². The van der Waals surface area contributed by atoms with Gasteiger partial charge in [0, 0.05) is 45.1 Å². The van der Waals surface area contributed by atoms with Gasteiger partial charge < -0.3 is 19.3 Å². The first-order valence-corrected chi connectivity index (χ1v) is 12.0. The van der Waals surface area contributed by atoms with Gasteiger partial charge in [-0.2, -0.15) is 29.3 Å². The summed E-state index contributed by atoms with van der Waals surface area (Å²) in [6.07, 6.45) is -2.57. The fourth-order valence-electron chi connectivity index (χ4n) is 4.48. The van der Waals surface area contributed by atoms with Gasteiger partial charge in [-0.25, -0.2) is 4.79 Å². The first kappa shape index (κ1) is 24.7. The second-order valence-corrected chi connectivity index (χ2v) is 9.23. The highest BCUT2D eigenvalue weighted by molar-refractivity contribution is 5.92. The van der Waals surface area contributed by atoms with Crippen molar-refractivity contribution >= 4 is 12.0 Å². The third-order valence-electron chi connectivity index (χ3n) is 6.47. The van der Waals surface area contributed by atoms with Gasteiger partial charge >= 0.3 is 12.2 Å². The van der Waals surface area contributed by atoms with E-state index in [9.17, 15) is 18.4 Å². The van der Waals surface area contributed by atoms with Gasteiger partial charge in [0.05, 0.1) is 18.8 Å². The molecule has 0 saturated carbocycles. The lowest BCUT2D eigenvalue weighted by Gasteiger charge is -2.24. The summed E-state index contributed by atoms with van der Waals surface area (Å²) in [5.41, 5.74) is 4.28. The van der Waals surface area contributed by atoms with Crippen molar-refractivity contribution in [3.05, 3.63) is 58.2 Å². The number of nitrogens with zero attached hydrogens (tertiary/aromatic N) is 6. The fraction of sp³-hybridized carbons (Fsp3) is 0.458. The third-order valence-corrected chi connectivity index (χ3v) is 6.47. The number of aryl methyl sites for hydroxylation is 1. The van der Waals surface area contributed by atoms with E-state index in [0.717, 1.165) is 17.1 Å². The lowest BCUT2D eigenvalue weighted by molar-refractivity contribution is -0.158. The molecular weight excluding hydrogens is 488 g/mol. The lowest BCUT2D eigenvalue weighted by Crippen LogP contribution is -2.36. The Kier molecular flexibility index (Phi) is 6.52. The number of aromatic nitrogens is 5. The van der Waals surface area contributed by atoms with E-state index in [2.05, 4.69) is 25.2 Å². The van der Waals surface area contributed by atoms with Gasteiger partial charge in [-0.05, 0) is 36.2 Å². The number of ether oxygens (including phenoxy) is 2. The summed E-state index contributed by atoms with van der Waals surface area (Å²) in [5.74, 6) is -0.108. The highest BCUT2D eigenvalue weighted by atomic mass is 19.3. The molecule has 1 aromatic carbocycles. The summed E-state index contributed by atoms with van der Waals surface area (Å²) in [6.45, 7) is 4.60. The Hall–Kier alpha value is -4.03. The maximum atomic E-state index is 13.1. The Morgan fingerprint density at radius 1 is 1.05 bits per heavy atom. The van der Waals surface area contributed by atoms with Crippen molar-refractivity contribution in [2.24, 2.45) is 0 Å². The number of fused-ring (bicyclic) bond motifs is 2. The summed E-state index contributed by atoms with van der Waals surface area (Å²) in [6, 6.07) is 6.29. The van der Waals surface area contributed by atoms with E-state index in [-0.39, 0.29) is 18.3 Å². The summed E-state index contributed by atoms with van der Waals surface area (Å²) in [7, 11) is 0. The van der Waals surface area contributed by atoms with Crippen molar-refractivity contribution in [2.45, 2.75) is 52.5 Å². The summed E-state index contributed by atoms with van der Waals surface area (Å²) < 4.78 is 37.9. The molecule has 4 heterocycles. The number of amides is 2. The van der Waals surface area contributed by atoms with Crippen LogP contribution in [0.4, 0.5) is 13.6 Å². The zero-order valence-electron chi connectivity index (χ0n) is 20.5. The molecule has 0 saturated heterocycles. The molecule has 196 valence electrons. The third kappa shape index (κ3) is 5.54. The molecule has 0 spiro atoms. The number of nitrogens with one attached hydrogen (secondary N) is 1. The van der Waals surface area contributed by atoms with Gasteiger partial charge in [0.25, 0.3) is 5.91 Å². The Labute approximate surface area is 211 Å². The maximum absolute atomic E-state index is 13.1. The first-order valence-electron chi connectivity index (χ1n) is 12.0. The van der Waals surface area contributed by atoms with Crippen LogP contribution < -0.4 is 4.74 Å². The number of H-pyrrole nitrogens is 1. The molecule has 37 heavy (non-hydrogen) atoms. The van der Waals surface area contributed by atoms with E-state index in [1.54, 1.807) is 33.5 Å². The van der Waals surface area contributed by atoms with Crippen LogP contribution in [0.2, 0.25) is 0 Å². The van der Waals surface area contributed by atoms with Crippen molar-refractivity contribution in [2.75, 3.05) is 19.6 Å². The Balaban J connectivity index is 1.15. The van der Waals surface area contributed by atoms with Crippen LogP contribution in [-0.2, 0) is 37.3 Å². The van der Waals surface area contributed by atoms with Gasteiger partial charge in [-0.15, -0.1) is 0 Å². The van der Waals surface area contributed by atoms with Crippen LogP contribution in [0.5, 0.6) is 5.75 Å². The fourth-order valence-corrected chi connectivity index (χ4v) is 4.48. The number of rotatable bonds is 5. The van der Waals surface area contributed by atoms with Crippen LogP contribution in [0.25, 0.3) is 0 Å². The normalized spacial score (nSPS) is 15.6. The minimum absolute atomic E-state index is 0.0102. The minimum Gasteiger partial charge on any atom is -0.445 e. The molecule has 0 radical (unpaired) electrons. The van der Waals surface area contributed by atoms with Crippen LogP contribution >= 0.6 is 0 Å². The highest BCUT2D eigenvalue weighted by Gasteiger charge is 2.28. The summed E-state index contributed by atoms with van der Waals surface area (Å²) in [5, 5.41) is 15.3. The van der Waals surface area contributed by atoms with E-state index < -0.39 is 12.2 Å². The number of carbonyl (C=O) groups excluding carboxylic acids is 2. The molecule has 3 aromatic rings. The van der Waals surface area contributed by atoms with Crippen LogP contribution in [0, 0.1) is 6.92 Å². The minimum atomic E-state index is -3.27. The molecule has 13 heteroatoms. The molecule has 2 aromatic heterocycles. The number of alkyl halides is 2. The van der Waals surface area contributed by atoms with Crippen LogP contribution in [0.1, 0.15) is 45.6 Å². The number of hydrogen-bond acceptors (Lipinski definition) is 7. The first-order chi connectivity index (χ1) is 17.7. The lowest BCUT2D eigenvalue weighted by atomic mass is 10.1. The number of benzene rings is 1. The second kappa shape index (κ2) is 9.79. The zero-order chi connectivity index (χ0) is 26.2. The highest BCUT2D eigenvalue weighted by Crippen LogP contribution is 2.24. The quantitative estimate of drug-likeness (QED) is 0.555. The van der Waals surface area contributed by atoms with E-state index in [1.807, 2.05) is 0 Å². The Morgan fingerprint density at radius 2 is 1.84 bits per heavy atom. The standard InChI is InChI=1S/C24H27F2N7O4/c1-15-11-18(37-24(2,25)26)4-3-16(15)14-36-23(35)31-7-5-17-12-20(29-33(17)10-9-31)22(34)32-8-6-19-21(13-32)28-30-27-19/h3-4,11-12H,5-10,13-14H2,1-2H3,(H,27,28,30). The van der Waals surface area contributed by atoms with Crippen LogP contribution in [-0.4, -0.2) is 72.7 Å². The van der Waals surface area contributed by atoms with Crippen molar-refractivity contribution in [3.8, 4) is 5.75 Å². The molecule has 5 rings (SSSR count). The van der Waals surface area contributed by atoms with Gasteiger partial charge in [0.2, 0.25) is 0 Å². The molecule has 11 nitrogen and oxygen atoms in total. The van der Waals surface area contributed by atoms with Gasteiger partial charge in [-0.1, -0.05) is 6.07 Å². The van der Waals surface area contributed by atoms with Gasteiger partial charge in [0.15, 0.2) is 5.69 Å². The smallest absolute Gasteiger partial charge is 0.410 e. The molecule has 0 unspecified atom stereocenters. The maximum Gasteiger partial charge on any atom is 0.410 e. The Bertz CT molecular complexity index is 1290. The SMILES string of the molecule is Cc1cc(OC(C)(F)F)ccc1COC(=O)N1CCc2cc(C(=O)N3CCc4n[nH]nc4C3)nn2CC1. The molecule has 2 aliphatic heterocycles. The predicted octanol–water partition coefficient (Wildman–Crippen LogP) is 2.69. The topological polar surface area (TPSA) is 118 Å². The van der Waals surface area contributed by atoms with Crippen LogP contribution in [0.3, 0.4) is 0 Å². The predicted molar refractivity (Wildman–Crippen MR) is 125 cm³/mol. The number of halogens is 2. The molecule has 0 bridgehead atoms. The largest absolute Gasteiger partial charge is 0.445 e. The van der Waals surface area contributed by atoms with Gasteiger partial charge in [-0.3, -0.25) is 9.48 Å². The molecule has 0 atom stereocenters. The molecule has 2 aliphatic rings. The number of aromatic amines is 1. The molecule has 1 N–H and O–H groups in total.